The molecule has 1 atom stereocenters. The number of para-hydroxylation sites is 1. The summed E-state index contributed by atoms with van der Waals surface area (Å²) < 4.78 is 47.8. The van der Waals surface area contributed by atoms with Gasteiger partial charge in [-0.1, -0.05) is 18.2 Å². The highest BCUT2D eigenvalue weighted by molar-refractivity contribution is 5.69. The normalized spacial score (nSPS) is 18.9. The Morgan fingerprint density at radius 3 is 2.85 bits per heavy atom. The van der Waals surface area contributed by atoms with Gasteiger partial charge in [-0.3, -0.25) is 14.6 Å². The number of aliphatic carboxylic acids is 1. The van der Waals surface area contributed by atoms with Gasteiger partial charge in [0, 0.05) is 31.7 Å². The number of ether oxygens (including phenoxy) is 2. The molecule has 1 saturated heterocycles. The van der Waals surface area contributed by atoms with Gasteiger partial charge < -0.3 is 14.6 Å². The van der Waals surface area contributed by atoms with Gasteiger partial charge in [0.2, 0.25) is 0 Å². The molecule has 6 nitrogen and oxygen atoms in total. The predicted octanol–water partition coefficient (Wildman–Crippen LogP) is 1.84. The Labute approximate surface area is 150 Å². The van der Waals surface area contributed by atoms with E-state index >= 15 is 0 Å². The maximum atomic E-state index is 12.4. The third-order valence-electron chi connectivity index (χ3n) is 3.90. The van der Waals surface area contributed by atoms with Gasteiger partial charge in [-0.25, -0.2) is 0 Å². The fourth-order valence-corrected chi connectivity index (χ4v) is 2.85. The Balaban J connectivity index is 1.92. The first-order chi connectivity index (χ1) is 12.2. The lowest BCUT2D eigenvalue weighted by Gasteiger charge is -2.34. The number of carbonyl (C=O) groups is 1. The second-order valence-electron chi connectivity index (χ2n) is 6.33. The molecule has 0 aromatic heterocycles. The van der Waals surface area contributed by atoms with Crippen molar-refractivity contribution >= 4 is 5.97 Å². The quantitative estimate of drug-likeness (QED) is 0.747. The van der Waals surface area contributed by atoms with Crippen LogP contribution < -0.4 is 4.74 Å². The number of carboxylic acids is 1. The van der Waals surface area contributed by atoms with Crippen LogP contribution in [0.3, 0.4) is 0 Å². The molecule has 0 radical (unpaired) electrons. The zero-order valence-electron chi connectivity index (χ0n) is 14.5. The summed E-state index contributed by atoms with van der Waals surface area (Å²) in [5.41, 5.74) is 0.677. The number of likely N-dealkylation sites (N-methyl/N-ethyl adjacent to an activating group) is 1. The Morgan fingerprint density at radius 1 is 1.42 bits per heavy atom. The van der Waals surface area contributed by atoms with Crippen LogP contribution in [0.2, 0.25) is 0 Å². The Kier molecular flexibility index (Phi) is 7.24. The molecule has 1 N–H and O–H groups in total. The number of nitrogens with zero attached hydrogens (tertiary/aromatic N) is 2. The van der Waals surface area contributed by atoms with Crippen molar-refractivity contribution in [3.05, 3.63) is 29.8 Å². The number of halogens is 3. The lowest BCUT2D eigenvalue weighted by molar-refractivity contribution is -0.153. The molecular weight excluding hydrogens is 353 g/mol. The minimum Gasteiger partial charge on any atom is -0.484 e. The summed E-state index contributed by atoms with van der Waals surface area (Å²) in [4.78, 5) is 14.5. The molecule has 0 amide bonds. The average Bonchev–Trinajstić information content (AvgIpc) is 2.53. The second kappa shape index (κ2) is 9.20. The van der Waals surface area contributed by atoms with Gasteiger partial charge in [-0.15, -0.1) is 0 Å². The molecule has 146 valence electrons. The van der Waals surface area contributed by atoms with Crippen LogP contribution in [0.1, 0.15) is 5.56 Å². The second-order valence-corrected chi connectivity index (χ2v) is 6.33. The van der Waals surface area contributed by atoms with Crippen molar-refractivity contribution in [2.45, 2.75) is 18.8 Å². The SMILES string of the molecule is CN(CC(=O)O)CC1CN(Cc2ccccc2OCC(F)(F)F)CCO1. The summed E-state index contributed by atoms with van der Waals surface area (Å²) in [6.45, 7) is 1.21. The molecule has 1 fully saturated rings. The Hall–Kier alpha value is -1.84. The van der Waals surface area contributed by atoms with E-state index in [-0.39, 0.29) is 18.4 Å². The van der Waals surface area contributed by atoms with E-state index in [1.165, 1.54) is 6.07 Å². The zero-order chi connectivity index (χ0) is 19.2. The summed E-state index contributed by atoms with van der Waals surface area (Å²) in [5, 5.41) is 8.81. The maximum absolute atomic E-state index is 12.4. The van der Waals surface area contributed by atoms with E-state index in [1.807, 2.05) is 0 Å². The zero-order valence-corrected chi connectivity index (χ0v) is 14.5. The fraction of sp³-hybridized carbons (Fsp3) is 0.588. The number of alkyl halides is 3. The van der Waals surface area contributed by atoms with Gasteiger partial charge in [-0.2, -0.15) is 13.2 Å². The van der Waals surface area contributed by atoms with Gasteiger partial charge in [-0.05, 0) is 13.1 Å². The third kappa shape index (κ3) is 7.19. The molecule has 1 heterocycles. The topological polar surface area (TPSA) is 62.2 Å². The van der Waals surface area contributed by atoms with Crippen LogP contribution in [0.4, 0.5) is 13.2 Å². The van der Waals surface area contributed by atoms with Crippen molar-refractivity contribution < 1.29 is 32.5 Å². The van der Waals surface area contributed by atoms with Gasteiger partial charge >= 0.3 is 12.1 Å². The molecule has 0 bridgehead atoms. The number of rotatable bonds is 8. The molecule has 1 aliphatic rings. The molecule has 1 aliphatic heterocycles. The van der Waals surface area contributed by atoms with E-state index < -0.39 is 18.8 Å². The summed E-state index contributed by atoms with van der Waals surface area (Å²) in [6.07, 6.45) is -4.54. The molecule has 0 spiro atoms. The van der Waals surface area contributed by atoms with Crippen LogP contribution in [0.5, 0.6) is 5.75 Å². The maximum Gasteiger partial charge on any atom is 0.422 e. The lowest BCUT2D eigenvalue weighted by Crippen LogP contribution is -2.47. The van der Waals surface area contributed by atoms with E-state index in [9.17, 15) is 18.0 Å². The molecule has 1 aromatic rings. The third-order valence-corrected chi connectivity index (χ3v) is 3.90. The van der Waals surface area contributed by atoms with Crippen LogP contribution in [-0.2, 0) is 16.1 Å². The van der Waals surface area contributed by atoms with Crippen molar-refractivity contribution in [3.63, 3.8) is 0 Å². The Bertz CT molecular complexity index is 598. The highest BCUT2D eigenvalue weighted by Gasteiger charge is 2.29. The fourth-order valence-electron chi connectivity index (χ4n) is 2.85. The largest absolute Gasteiger partial charge is 0.484 e. The first-order valence-electron chi connectivity index (χ1n) is 8.24. The van der Waals surface area contributed by atoms with Gasteiger partial charge in [0.25, 0.3) is 0 Å². The van der Waals surface area contributed by atoms with E-state index in [2.05, 4.69) is 4.90 Å². The average molecular weight is 376 g/mol. The summed E-state index contributed by atoms with van der Waals surface area (Å²) in [5.74, 6) is -0.688. The summed E-state index contributed by atoms with van der Waals surface area (Å²) in [6, 6.07) is 6.67. The lowest BCUT2D eigenvalue weighted by atomic mass is 10.1. The number of hydrogen-bond donors (Lipinski definition) is 1. The Morgan fingerprint density at radius 2 is 2.15 bits per heavy atom. The molecule has 2 rings (SSSR count). The smallest absolute Gasteiger partial charge is 0.422 e. The number of hydrogen-bond acceptors (Lipinski definition) is 5. The monoisotopic (exact) mass is 376 g/mol. The summed E-state index contributed by atoms with van der Waals surface area (Å²) >= 11 is 0. The predicted molar refractivity (Wildman–Crippen MR) is 88.1 cm³/mol. The van der Waals surface area contributed by atoms with E-state index in [1.54, 1.807) is 30.1 Å². The molecular formula is C17H23F3N2O4. The van der Waals surface area contributed by atoms with Crippen molar-refractivity contribution in [2.75, 3.05) is 46.4 Å². The van der Waals surface area contributed by atoms with Gasteiger partial charge in [0.15, 0.2) is 6.61 Å². The molecule has 0 aliphatic carbocycles. The molecule has 1 aromatic carbocycles. The number of morpholine rings is 1. The van der Waals surface area contributed by atoms with E-state index in [4.69, 9.17) is 14.6 Å². The van der Waals surface area contributed by atoms with E-state index in [0.29, 0.717) is 38.3 Å². The highest BCUT2D eigenvalue weighted by Crippen LogP contribution is 2.24. The van der Waals surface area contributed by atoms with Crippen LogP contribution in [0, 0.1) is 0 Å². The molecule has 26 heavy (non-hydrogen) atoms. The number of carboxylic acid groups (broad SMARTS) is 1. The minimum absolute atomic E-state index is 0.0754. The number of benzene rings is 1. The molecule has 9 heteroatoms. The van der Waals surface area contributed by atoms with Gasteiger partial charge in [0.1, 0.15) is 5.75 Å². The standard InChI is InChI=1S/C17H23F3N2O4/c1-21(11-16(23)24)9-14-10-22(6-7-25-14)8-13-4-2-3-5-15(13)26-12-17(18,19)20/h2-5,14H,6-12H2,1H3,(H,23,24). The highest BCUT2D eigenvalue weighted by atomic mass is 19.4. The summed E-state index contributed by atoms with van der Waals surface area (Å²) in [7, 11) is 1.71. The van der Waals surface area contributed by atoms with Crippen molar-refractivity contribution in [1.29, 1.82) is 0 Å². The minimum atomic E-state index is -4.38. The molecule has 0 saturated carbocycles. The first kappa shape index (κ1) is 20.5. The van der Waals surface area contributed by atoms with Crippen molar-refractivity contribution in [2.24, 2.45) is 0 Å². The first-order valence-corrected chi connectivity index (χ1v) is 8.24. The van der Waals surface area contributed by atoms with Crippen molar-refractivity contribution in [3.8, 4) is 5.75 Å². The van der Waals surface area contributed by atoms with Crippen LogP contribution in [-0.4, -0.2) is 79.6 Å². The molecule has 1 unspecified atom stereocenters. The van der Waals surface area contributed by atoms with Crippen LogP contribution >= 0.6 is 0 Å². The van der Waals surface area contributed by atoms with Crippen LogP contribution in [0.25, 0.3) is 0 Å². The van der Waals surface area contributed by atoms with E-state index in [0.717, 1.165) is 0 Å². The van der Waals surface area contributed by atoms with Crippen LogP contribution in [0.15, 0.2) is 24.3 Å². The van der Waals surface area contributed by atoms with Crippen molar-refractivity contribution in [1.82, 2.24) is 9.80 Å². The van der Waals surface area contributed by atoms with Gasteiger partial charge in [0.05, 0.1) is 19.3 Å².